The van der Waals surface area contributed by atoms with Crippen LogP contribution in [0.3, 0.4) is 0 Å². The molecule has 5 amide bonds. The molecule has 1 aliphatic carbocycles. The Morgan fingerprint density at radius 1 is 1.02 bits per heavy atom. The lowest BCUT2D eigenvalue weighted by Gasteiger charge is -2.36. The first-order valence-corrected chi connectivity index (χ1v) is 16.0. The normalized spacial score (nSPS) is 23.4. The van der Waals surface area contributed by atoms with Crippen LogP contribution >= 0.6 is 0 Å². The molecule has 1 spiro atoms. The minimum atomic E-state index is -1.22. The highest BCUT2D eigenvalue weighted by atomic mass is 16.6. The van der Waals surface area contributed by atoms with Crippen molar-refractivity contribution in [2.75, 3.05) is 18.0 Å². The number of anilines is 1. The SMILES string of the molecule is CCC[C@H](NC(=O)[C@@H]1C[C@]2(CN(c3ccccc3)C(=O)O2)CN1C(=O)[C@@H](NC(=O)CC1CCCCC1)C(C)(C)C)C(=O)C(N)=O. The molecule has 0 aromatic heterocycles. The van der Waals surface area contributed by atoms with Gasteiger partial charge in [-0.2, -0.15) is 0 Å². The average Bonchev–Trinajstić information content (AvgIpc) is 3.53. The number of carbonyl (C=O) groups is 6. The van der Waals surface area contributed by atoms with Gasteiger partial charge in [-0.05, 0) is 42.7 Å². The first-order chi connectivity index (χ1) is 21.2. The Hall–Kier alpha value is -3.96. The van der Waals surface area contributed by atoms with Crippen molar-refractivity contribution >= 4 is 41.2 Å². The first kappa shape index (κ1) is 33.9. The summed E-state index contributed by atoms with van der Waals surface area (Å²) in [6, 6.07) is 5.68. The van der Waals surface area contributed by atoms with Crippen LogP contribution in [0.5, 0.6) is 0 Å². The Balaban J connectivity index is 1.62. The quantitative estimate of drug-likeness (QED) is 0.318. The van der Waals surface area contributed by atoms with Crippen LogP contribution in [-0.2, 0) is 28.7 Å². The smallest absolute Gasteiger partial charge is 0.415 e. The van der Waals surface area contributed by atoms with Gasteiger partial charge in [0.25, 0.3) is 5.91 Å². The third-order valence-electron chi connectivity index (χ3n) is 9.09. The molecule has 12 heteroatoms. The van der Waals surface area contributed by atoms with Crippen molar-refractivity contribution in [3.8, 4) is 0 Å². The Morgan fingerprint density at radius 2 is 1.69 bits per heavy atom. The van der Waals surface area contributed by atoms with Gasteiger partial charge in [-0.25, -0.2) is 4.79 Å². The molecule has 2 saturated heterocycles. The van der Waals surface area contributed by atoms with Crippen molar-refractivity contribution in [1.82, 2.24) is 15.5 Å². The highest BCUT2D eigenvalue weighted by Gasteiger charge is 2.58. The summed E-state index contributed by atoms with van der Waals surface area (Å²) in [5, 5.41) is 5.60. The van der Waals surface area contributed by atoms with Gasteiger partial charge in [-0.1, -0.05) is 71.6 Å². The number of amides is 5. The van der Waals surface area contributed by atoms with E-state index in [1.54, 1.807) is 31.2 Å². The van der Waals surface area contributed by atoms with Crippen LogP contribution < -0.4 is 21.3 Å². The molecule has 3 fully saturated rings. The monoisotopic (exact) mass is 625 g/mol. The van der Waals surface area contributed by atoms with Crippen molar-refractivity contribution in [1.29, 1.82) is 0 Å². The maximum absolute atomic E-state index is 14.4. The average molecular weight is 626 g/mol. The van der Waals surface area contributed by atoms with E-state index in [2.05, 4.69) is 10.6 Å². The van der Waals surface area contributed by atoms with E-state index in [4.69, 9.17) is 10.5 Å². The molecule has 1 aromatic rings. The summed E-state index contributed by atoms with van der Waals surface area (Å²) in [6.45, 7) is 7.32. The van der Waals surface area contributed by atoms with Crippen molar-refractivity contribution < 1.29 is 33.5 Å². The van der Waals surface area contributed by atoms with Crippen LogP contribution in [0.4, 0.5) is 10.5 Å². The van der Waals surface area contributed by atoms with Crippen molar-refractivity contribution in [2.24, 2.45) is 17.1 Å². The van der Waals surface area contributed by atoms with Gasteiger partial charge >= 0.3 is 6.09 Å². The lowest BCUT2D eigenvalue weighted by Crippen LogP contribution is -2.59. The first-order valence-electron chi connectivity index (χ1n) is 16.0. The maximum Gasteiger partial charge on any atom is 0.415 e. The fourth-order valence-electron chi connectivity index (χ4n) is 6.72. The number of para-hydroxylation sites is 1. The third kappa shape index (κ3) is 8.01. The number of nitrogens with zero attached hydrogens (tertiary/aromatic N) is 2. The molecule has 2 heterocycles. The molecule has 0 unspecified atom stereocenters. The minimum absolute atomic E-state index is 0.0316. The molecule has 0 bridgehead atoms. The van der Waals surface area contributed by atoms with Crippen LogP contribution in [0.1, 0.15) is 85.5 Å². The second kappa shape index (κ2) is 14.0. The van der Waals surface area contributed by atoms with Crippen LogP contribution in [0.15, 0.2) is 30.3 Å². The molecule has 2 aliphatic heterocycles. The van der Waals surface area contributed by atoms with E-state index in [9.17, 15) is 28.8 Å². The highest BCUT2D eigenvalue weighted by Crippen LogP contribution is 2.39. The van der Waals surface area contributed by atoms with Crippen LogP contribution in [0, 0.1) is 11.3 Å². The lowest BCUT2D eigenvalue weighted by molar-refractivity contribution is -0.145. The highest BCUT2D eigenvalue weighted by molar-refractivity contribution is 6.37. The van der Waals surface area contributed by atoms with Gasteiger partial charge in [0.1, 0.15) is 12.1 Å². The van der Waals surface area contributed by atoms with Gasteiger partial charge in [-0.3, -0.25) is 28.9 Å². The Kier molecular flexibility index (Phi) is 10.5. The number of rotatable bonds is 11. The molecular weight excluding hydrogens is 578 g/mol. The number of hydrogen-bond donors (Lipinski definition) is 3. The molecule has 4 rings (SSSR count). The van der Waals surface area contributed by atoms with Gasteiger partial charge in [-0.15, -0.1) is 0 Å². The zero-order chi connectivity index (χ0) is 32.9. The zero-order valence-corrected chi connectivity index (χ0v) is 26.8. The van der Waals surface area contributed by atoms with Gasteiger partial charge in [0.2, 0.25) is 23.5 Å². The number of nitrogens with two attached hydrogens (primary N) is 1. The molecule has 0 radical (unpaired) electrons. The van der Waals surface area contributed by atoms with E-state index in [1.165, 1.54) is 9.80 Å². The molecule has 45 heavy (non-hydrogen) atoms. The third-order valence-corrected chi connectivity index (χ3v) is 9.09. The van der Waals surface area contributed by atoms with E-state index < -0.39 is 58.7 Å². The molecule has 4 atom stereocenters. The van der Waals surface area contributed by atoms with Gasteiger partial charge < -0.3 is 26.0 Å². The van der Waals surface area contributed by atoms with E-state index in [0.717, 1.165) is 32.1 Å². The summed E-state index contributed by atoms with van der Waals surface area (Å²) in [6.07, 6.45) is 5.65. The Bertz CT molecular complexity index is 1290. The summed E-state index contributed by atoms with van der Waals surface area (Å²) >= 11 is 0. The minimum Gasteiger partial charge on any atom is -0.439 e. The summed E-state index contributed by atoms with van der Waals surface area (Å²) < 4.78 is 5.91. The topological polar surface area (TPSA) is 168 Å². The van der Waals surface area contributed by atoms with Gasteiger partial charge in [0.05, 0.1) is 19.1 Å². The zero-order valence-electron chi connectivity index (χ0n) is 26.8. The fourth-order valence-corrected chi connectivity index (χ4v) is 6.72. The maximum atomic E-state index is 14.4. The molecular formula is C33H47N5O7. The number of hydrogen-bond acceptors (Lipinski definition) is 7. The summed E-state index contributed by atoms with van der Waals surface area (Å²) in [4.78, 5) is 81.6. The summed E-state index contributed by atoms with van der Waals surface area (Å²) in [5.74, 6) is -3.20. The second-order valence-corrected chi connectivity index (χ2v) is 13.8. The molecule has 246 valence electrons. The standard InChI is InChI=1S/C33H47N5O7/c1-5-12-23(26(40)28(34)41)35-29(42)24-18-33(19-37(31(44)45-33)22-15-10-7-11-16-22)20-38(24)30(43)27(32(2,3)4)36-25(39)17-21-13-8-6-9-14-21/h7,10-11,15-16,21,23-24,27H,5-6,8-9,12-14,17-20H2,1-4H3,(H2,34,41)(H,35,42)(H,36,39)/t23-,24-,27+,33-/m0/s1. The molecule has 1 saturated carbocycles. The number of likely N-dealkylation sites (tertiary alicyclic amines) is 1. The number of ketones is 1. The van der Waals surface area contributed by atoms with Crippen LogP contribution in [0.2, 0.25) is 0 Å². The van der Waals surface area contributed by atoms with E-state index in [0.29, 0.717) is 18.5 Å². The van der Waals surface area contributed by atoms with Crippen molar-refractivity contribution in [3.05, 3.63) is 30.3 Å². The van der Waals surface area contributed by atoms with Crippen molar-refractivity contribution in [2.45, 2.75) is 109 Å². The van der Waals surface area contributed by atoms with E-state index in [-0.39, 0.29) is 37.8 Å². The number of benzene rings is 1. The van der Waals surface area contributed by atoms with Crippen molar-refractivity contribution in [3.63, 3.8) is 0 Å². The largest absolute Gasteiger partial charge is 0.439 e. The summed E-state index contributed by atoms with van der Waals surface area (Å²) in [5.41, 5.74) is 3.93. The number of Topliss-reactive ketones (excluding diaryl/α,β-unsaturated/α-hetero) is 1. The fraction of sp³-hybridized carbons (Fsp3) is 0.636. The molecule has 1 aromatic carbocycles. The Morgan fingerprint density at radius 3 is 2.29 bits per heavy atom. The number of primary amides is 1. The van der Waals surface area contributed by atoms with Gasteiger partial charge in [0.15, 0.2) is 5.60 Å². The number of nitrogens with one attached hydrogen (secondary N) is 2. The summed E-state index contributed by atoms with van der Waals surface area (Å²) in [7, 11) is 0. The van der Waals surface area contributed by atoms with E-state index in [1.807, 2.05) is 26.8 Å². The van der Waals surface area contributed by atoms with E-state index >= 15 is 0 Å². The molecule has 3 aliphatic rings. The lowest BCUT2D eigenvalue weighted by atomic mass is 9.84. The number of carbonyl (C=O) groups excluding carboxylic acids is 6. The predicted octanol–water partition coefficient (Wildman–Crippen LogP) is 2.82. The van der Waals surface area contributed by atoms with Crippen LogP contribution in [-0.4, -0.2) is 77.2 Å². The van der Waals surface area contributed by atoms with Gasteiger partial charge in [0, 0.05) is 18.5 Å². The van der Waals surface area contributed by atoms with Crippen LogP contribution in [0.25, 0.3) is 0 Å². The Labute approximate surface area is 264 Å². The predicted molar refractivity (Wildman–Crippen MR) is 167 cm³/mol. The second-order valence-electron chi connectivity index (χ2n) is 13.8. The molecule has 4 N–H and O–H groups in total. The molecule has 12 nitrogen and oxygen atoms in total. The number of ether oxygens (including phenoxy) is 1.